The van der Waals surface area contributed by atoms with Crippen molar-refractivity contribution in [1.82, 2.24) is 10.6 Å². The van der Waals surface area contributed by atoms with E-state index in [1.54, 1.807) is 0 Å². The normalized spacial score (nSPS) is 15.4. The first-order chi connectivity index (χ1) is 8.03. The number of rotatable bonds is 8. The van der Waals surface area contributed by atoms with Gasteiger partial charge in [0.2, 0.25) is 5.91 Å². The van der Waals surface area contributed by atoms with Gasteiger partial charge in [-0.15, -0.1) is 0 Å². The molecule has 0 spiro atoms. The fraction of sp³-hybridized carbons (Fsp3) is 0.846. The molecule has 96 valence electrons. The minimum Gasteiger partial charge on any atom is -0.352 e. The Morgan fingerprint density at radius 3 is 2.71 bits per heavy atom. The SMILES string of the molecule is CC(C)(C#N)CCCCNCC(=O)NC1CC1. The monoisotopic (exact) mass is 237 g/mol. The van der Waals surface area contributed by atoms with E-state index in [4.69, 9.17) is 5.26 Å². The minimum absolute atomic E-state index is 0.102. The van der Waals surface area contributed by atoms with Gasteiger partial charge in [-0.05, 0) is 46.1 Å². The summed E-state index contributed by atoms with van der Waals surface area (Å²) in [5.41, 5.74) is -0.219. The van der Waals surface area contributed by atoms with Crippen LogP contribution in [0.2, 0.25) is 0 Å². The van der Waals surface area contributed by atoms with Crippen molar-refractivity contribution < 1.29 is 4.79 Å². The zero-order valence-electron chi connectivity index (χ0n) is 10.9. The standard InChI is InChI=1S/C13H23N3O/c1-13(2,10-14)7-3-4-8-15-9-12(17)16-11-5-6-11/h11,15H,3-9H2,1-2H3,(H,16,17). The summed E-state index contributed by atoms with van der Waals surface area (Å²) in [5, 5.41) is 14.9. The average Bonchev–Trinajstić information content (AvgIpc) is 3.07. The molecule has 2 N–H and O–H groups in total. The Balaban J connectivity index is 1.90. The lowest BCUT2D eigenvalue weighted by Crippen LogP contribution is -2.35. The molecule has 0 radical (unpaired) electrons. The van der Waals surface area contributed by atoms with Crippen LogP contribution < -0.4 is 10.6 Å². The average molecular weight is 237 g/mol. The first-order valence-corrected chi connectivity index (χ1v) is 6.45. The molecule has 4 heteroatoms. The molecule has 1 rings (SSSR count). The fourth-order valence-corrected chi connectivity index (χ4v) is 1.58. The molecule has 0 aromatic carbocycles. The molecule has 1 aliphatic rings. The maximum Gasteiger partial charge on any atom is 0.234 e. The number of nitriles is 1. The molecule has 17 heavy (non-hydrogen) atoms. The van der Waals surface area contributed by atoms with Crippen LogP contribution in [-0.4, -0.2) is 25.0 Å². The summed E-state index contributed by atoms with van der Waals surface area (Å²) < 4.78 is 0. The Hall–Kier alpha value is -1.08. The smallest absolute Gasteiger partial charge is 0.234 e. The third-order valence-corrected chi connectivity index (χ3v) is 2.94. The Morgan fingerprint density at radius 2 is 2.12 bits per heavy atom. The zero-order chi connectivity index (χ0) is 12.7. The van der Waals surface area contributed by atoms with Gasteiger partial charge in [0.25, 0.3) is 0 Å². The third kappa shape index (κ3) is 6.96. The van der Waals surface area contributed by atoms with Crippen molar-refractivity contribution in [3.63, 3.8) is 0 Å². The van der Waals surface area contributed by atoms with E-state index in [1.807, 2.05) is 13.8 Å². The van der Waals surface area contributed by atoms with Crippen molar-refractivity contribution in [3.05, 3.63) is 0 Å². The van der Waals surface area contributed by atoms with E-state index in [2.05, 4.69) is 16.7 Å². The van der Waals surface area contributed by atoms with E-state index in [-0.39, 0.29) is 11.3 Å². The van der Waals surface area contributed by atoms with Gasteiger partial charge in [0, 0.05) is 6.04 Å². The van der Waals surface area contributed by atoms with Gasteiger partial charge in [0.1, 0.15) is 0 Å². The number of unbranched alkanes of at least 4 members (excludes halogenated alkanes) is 1. The molecule has 0 unspecified atom stereocenters. The van der Waals surface area contributed by atoms with E-state index in [0.717, 1.165) is 38.6 Å². The van der Waals surface area contributed by atoms with Gasteiger partial charge in [-0.3, -0.25) is 4.79 Å². The molecule has 0 atom stereocenters. The van der Waals surface area contributed by atoms with Crippen LogP contribution in [0.4, 0.5) is 0 Å². The second-order valence-electron chi connectivity index (χ2n) is 5.47. The summed E-state index contributed by atoms with van der Waals surface area (Å²) in [7, 11) is 0. The number of hydrogen-bond donors (Lipinski definition) is 2. The fourth-order valence-electron chi connectivity index (χ4n) is 1.58. The van der Waals surface area contributed by atoms with Gasteiger partial charge in [-0.25, -0.2) is 0 Å². The van der Waals surface area contributed by atoms with Crippen LogP contribution in [0, 0.1) is 16.7 Å². The quantitative estimate of drug-likeness (QED) is 0.630. The van der Waals surface area contributed by atoms with Gasteiger partial charge >= 0.3 is 0 Å². The lowest BCUT2D eigenvalue weighted by atomic mass is 9.89. The van der Waals surface area contributed by atoms with Crippen LogP contribution in [0.3, 0.4) is 0 Å². The van der Waals surface area contributed by atoms with Crippen molar-refractivity contribution in [2.45, 2.75) is 52.0 Å². The lowest BCUT2D eigenvalue weighted by Gasteiger charge is -2.14. The Kier molecular flexibility index (Phi) is 5.43. The first-order valence-electron chi connectivity index (χ1n) is 6.45. The van der Waals surface area contributed by atoms with Crippen molar-refractivity contribution in [2.75, 3.05) is 13.1 Å². The highest BCUT2D eigenvalue weighted by atomic mass is 16.2. The Labute approximate surface area is 104 Å². The summed E-state index contributed by atoms with van der Waals surface area (Å²) in [4.78, 5) is 11.3. The summed E-state index contributed by atoms with van der Waals surface area (Å²) >= 11 is 0. The molecule has 0 bridgehead atoms. The molecule has 1 aliphatic carbocycles. The number of nitrogens with one attached hydrogen (secondary N) is 2. The molecule has 1 saturated carbocycles. The van der Waals surface area contributed by atoms with Crippen LogP contribution >= 0.6 is 0 Å². The van der Waals surface area contributed by atoms with Crippen LogP contribution in [0.1, 0.15) is 46.0 Å². The predicted molar refractivity (Wildman–Crippen MR) is 67.3 cm³/mol. The molecule has 0 heterocycles. The summed E-state index contributed by atoms with van der Waals surface area (Å²) in [5.74, 6) is 0.102. The molecule has 0 aromatic heterocycles. The number of amides is 1. The van der Waals surface area contributed by atoms with Crippen LogP contribution in [0.5, 0.6) is 0 Å². The van der Waals surface area contributed by atoms with Crippen molar-refractivity contribution in [3.8, 4) is 6.07 Å². The number of carbonyl (C=O) groups excluding carboxylic acids is 1. The van der Waals surface area contributed by atoms with Crippen LogP contribution in [0.15, 0.2) is 0 Å². The van der Waals surface area contributed by atoms with E-state index in [1.165, 1.54) is 0 Å². The first kappa shape index (κ1) is 14.0. The number of carbonyl (C=O) groups is 1. The number of nitrogens with zero attached hydrogens (tertiary/aromatic N) is 1. The maximum atomic E-state index is 11.3. The van der Waals surface area contributed by atoms with Crippen molar-refractivity contribution in [2.24, 2.45) is 5.41 Å². The van der Waals surface area contributed by atoms with Gasteiger partial charge in [0.15, 0.2) is 0 Å². The van der Waals surface area contributed by atoms with E-state index >= 15 is 0 Å². The molecule has 0 aromatic rings. The Bertz CT molecular complexity index is 290. The van der Waals surface area contributed by atoms with E-state index < -0.39 is 0 Å². The highest BCUT2D eigenvalue weighted by Crippen LogP contribution is 2.21. The van der Waals surface area contributed by atoms with Gasteiger partial charge < -0.3 is 10.6 Å². The second kappa shape index (κ2) is 6.61. The summed E-state index contributed by atoms with van der Waals surface area (Å²) in [6.07, 6.45) is 5.23. The molecule has 1 fully saturated rings. The van der Waals surface area contributed by atoms with Gasteiger partial charge in [-0.1, -0.05) is 6.42 Å². The summed E-state index contributed by atoms with van der Waals surface area (Å²) in [6, 6.07) is 2.74. The summed E-state index contributed by atoms with van der Waals surface area (Å²) in [6.45, 7) is 5.19. The van der Waals surface area contributed by atoms with Gasteiger partial charge in [0.05, 0.1) is 18.0 Å². The van der Waals surface area contributed by atoms with E-state index in [9.17, 15) is 4.79 Å². The highest BCUT2D eigenvalue weighted by Gasteiger charge is 2.22. The molecular weight excluding hydrogens is 214 g/mol. The van der Waals surface area contributed by atoms with Gasteiger partial charge in [-0.2, -0.15) is 5.26 Å². The van der Waals surface area contributed by atoms with E-state index in [0.29, 0.717) is 12.6 Å². The predicted octanol–water partition coefficient (Wildman–Crippen LogP) is 1.57. The molecular formula is C13H23N3O. The Morgan fingerprint density at radius 1 is 1.41 bits per heavy atom. The molecule has 1 amide bonds. The van der Waals surface area contributed by atoms with Crippen LogP contribution in [-0.2, 0) is 4.79 Å². The number of hydrogen-bond acceptors (Lipinski definition) is 3. The largest absolute Gasteiger partial charge is 0.352 e. The third-order valence-electron chi connectivity index (χ3n) is 2.94. The maximum absolute atomic E-state index is 11.3. The lowest BCUT2D eigenvalue weighted by molar-refractivity contribution is -0.120. The van der Waals surface area contributed by atoms with Crippen molar-refractivity contribution in [1.29, 1.82) is 5.26 Å². The topological polar surface area (TPSA) is 64.9 Å². The molecule has 0 aliphatic heterocycles. The second-order valence-corrected chi connectivity index (χ2v) is 5.47. The molecule has 0 saturated heterocycles. The molecule has 4 nitrogen and oxygen atoms in total. The highest BCUT2D eigenvalue weighted by molar-refractivity contribution is 5.78. The van der Waals surface area contributed by atoms with Crippen LogP contribution in [0.25, 0.3) is 0 Å². The zero-order valence-corrected chi connectivity index (χ0v) is 10.9. The van der Waals surface area contributed by atoms with Crippen molar-refractivity contribution >= 4 is 5.91 Å². The minimum atomic E-state index is -0.219.